The van der Waals surface area contributed by atoms with Gasteiger partial charge in [0.15, 0.2) is 0 Å². The molecule has 2 N–H and O–H groups in total. The quantitative estimate of drug-likeness (QED) is 0.846. The number of piperazine rings is 1. The van der Waals surface area contributed by atoms with Crippen LogP contribution in [0, 0.1) is 13.8 Å². The van der Waals surface area contributed by atoms with Crippen LogP contribution in [0.4, 0.5) is 0 Å². The van der Waals surface area contributed by atoms with E-state index in [9.17, 15) is 9.59 Å². The summed E-state index contributed by atoms with van der Waals surface area (Å²) in [5.41, 5.74) is 3.40. The molecule has 114 valence electrons. The van der Waals surface area contributed by atoms with E-state index in [0.29, 0.717) is 19.5 Å². The van der Waals surface area contributed by atoms with Crippen LogP contribution in [0.2, 0.25) is 0 Å². The van der Waals surface area contributed by atoms with Crippen molar-refractivity contribution >= 4 is 11.8 Å². The molecule has 1 saturated heterocycles. The minimum Gasteiger partial charge on any atom is -0.357 e. The number of nitrogens with one attached hydrogen (secondary N) is 2. The van der Waals surface area contributed by atoms with Gasteiger partial charge in [0.2, 0.25) is 11.8 Å². The summed E-state index contributed by atoms with van der Waals surface area (Å²) in [7, 11) is 1.60. The van der Waals surface area contributed by atoms with E-state index in [1.165, 1.54) is 11.1 Å². The van der Waals surface area contributed by atoms with E-state index in [0.717, 1.165) is 12.1 Å². The van der Waals surface area contributed by atoms with E-state index in [1.54, 1.807) is 11.9 Å². The van der Waals surface area contributed by atoms with Gasteiger partial charge in [-0.25, -0.2) is 0 Å². The van der Waals surface area contributed by atoms with Crippen LogP contribution in [0.15, 0.2) is 18.2 Å². The van der Waals surface area contributed by atoms with Crippen LogP contribution in [0.3, 0.4) is 0 Å². The highest BCUT2D eigenvalue weighted by atomic mass is 16.2. The molecular formula is C16H23N3O2. The summed E-state index contributed by atoms with van der Waals surface area (Å²) in [5.74, 6) is -0.107. The highest BCUT2D eigenvalue weighted by Gasteiger charge is 2.31. The molecule has 0 saturated carbocycles. The third-order valence-corrected chi connectivity index (χ3v) is 4.04. The van der Waals surface area contributed by atoms with Gasteiger partial charge in [0, 0.05) is 26.7 Å². The Morgan fingerprint density at radius 2 is 2.10 bits per heavy atom. The molecule has 0 aromatic heterocycles. The zero-order valence-electron chi connectivity index (χ0n) is 12.9. The molecule has 1 aliphatic heterocycles. The summed E-state index contributed by atoms with van der Waals surface area (Å²) in [6.07, 6.45) is 0.342. The van der Waals surface area contributed by atoms with Crippen molar-refractivity contribution in [2.45, 2.75) is 26.3 Å². The Hall–Kier alpha value is -1.88. The molecule has 1 heterocycles. The predicted octanol–water partition coefficient (Wildman–Crippen LogP) is 0.392. The molecule has 1 aromatic carbocycles. The van der Waals surface area contributed by atoms with Gasteiger partial charge in [0.05, 0.1) is 6.42 Å². The average molecular weight is 289 g/mol. The first-order valence-corrected chi connectivity index (χ1v) is 7.31. The number of rotatable bonds is 3. The van der Waals surface area contributed by atoms with Crippen molar-refractivity contribution < 1.29 is 9.59 Å². The molecule has 2 rings (SSSR count). The second kappa shape index (κ2) is 6.72. The van der Waals surface area contributed by atoms with Crippen molar-refractivity contribution in [1.82, 2.24) is 15.5 Å². The number of hydrogen-bond acceptors (Lipinski definition) is 3. The van der Waals surface area contributed by atoms with E-state index >= 15 is 0 Å². The molecule has 0 bridgehead atoms. The van der Waals surface area contributed by atoms with Crippen LogP contribution in [-0.4, -0.2) is 49.4 Å². The lowest BCUT2D eigenvalue weighted by Crippen LogP contribution is -2.59. The van der Waals surface area contributed by atoms with Crippen molar-refractivity contribution in [3.8, 4) is 0 Å². The predicted molar refractivity (Wildman–Crippen MR) is 82.1 cm³/mol. The summed E-state index contributed by atoms with van der Waals surface area (Å²) < 4.78 is 0. The molecule has 1 atom stereocenters. The Labute approximate surface area is 125 Å². The van der Waals surface area contributed by atoms with Gasteiger partial charge < -0.3 is 15.5 Å². The average Bonchev–Trinajstić information content (AvgIpc) is 2.50. The smallest absolute Gasteiger partial charge is 0.243 e. The monoisotopic (exact) mass is 289 g/mol. The maximum atomic E-state index is 12.5. The number of carbonyl (C=O) groups is 2. The highest BCUT2D eigenvalue weighted by molar-refractivity contribution is 5.88. The zero-order chi connectivity index (χ0) is 15.4. The van der Waals surface area contributed by atoms with Gasteiger partial charge in [-0.3, -0.25) is 9.59 Å². The Morgan fingerprint density at radius 3 is 2.76 bits per heavy atom. The van der Waals surface area contributed by atoms with Crippen molar-refractivity contribution in [1.29, 1.82) is 0 Å². The van der Waals surface area contributed by atoms with Crippen molar-refractivity contribution in [3.63, 3.8) is 0 Å². The minimum atomic E-state index is -0.414. The Kier molecular flexibility index (Phi) is 4.96. The molecule has 0 radical (unpaired) electrons. The van der Waals surface area contributed by atoms with Crippen molar-refractivity contribution in [3.05, 3.63) is 34.9 Å². The van der Waals surface area contributed by atoms with Crippen LogP contribution in [-0.2, 0) is 16.0 Å². The first kappa shape index (κ1) is 15.5. The lowest BCUT2D eigenvalue weighted by molar-refractivity contribution is -0.140. The van der Waals surface area contributed by atoms with Gasteiger partial charge in [-0.1, -0.05) is 18.2 Å². The molecule has 5 heteroatoms. The first-order valence-electron chi connectivity index (χ1n) is 7.31. The standard InChI is InChI=1S/C16H23N3O2/c1-11-4-5-13(8-12(11)2)9-15(20)19-7-6-18-10-14(19)16(21)17-3/h4-5,8,14,18H,6-7,9-10H2,1-3H3,(H,17,21). The van der Waals surface area contributed by atoms with Gasteiger partial charge in [-0.15, -0.1) is 0 Å². The largest absolute Gasteiger partial charge is 0.357 e. The third kappa shape index (κ3) is 3.61. The third-order valence-electron chi connectivity index (χ3n) is 4.04. The van der Waals surface area contributed by atoms with Crippen LogP contribution in [0.1, 0.15) is 16.7 Å². The van der Waals surface area contributed by atoms with Gasteiger partial charge in [0.1, 0.15) is 6.04 Å². The normalized spacial score (nSPS) is 18.4. The number of benzene rings is 1. The second-order valence-corrected chi connectivity index (χ2v) is 5.52. The van der Waals surface area contributed by atoms with Crippen LogP contribution >= 0.6 is 0 Å². The number of nitrogens with zero attached hydrogens (tertiary/aromatic N) is 1. The van der Waals surface area contributed by atoms with E-state index in [-0.39, 0.29) is 11.8 Å². The maximum absolute atomic E-state index is 12.5. The minimum absolute atomic E-state index is 0.00773. The van der Waals surface area contributed by atoms with Crippen LogP contribution in [0.25, 0.3) is 0 Å². The number of hydrogen-bond donors (Lipinski definition) is 2. The number of likely N-dealkylation sites (N-methyl/N-ethyl adjacent to an activating group) is 1. The number of aryl methyl sites for hydroxylation is 2. The molecule has 1 aliphatic rings. The first-order chi connectivity index (χ1) is 10.0. The molecule has 2 amide bonds. The van der Waals surface area contributed by atoms with Gasteiger partial charge in [-0.2, -0.15) is 0 Å². The fourth-order valence-corrected chi connectivity index (χ4v) is 2.59. The summed E-state index contributed by atoms with van der Waals surface area (Å²) in [6.45, 7) is 5.91. The number of amides is 2. The lowest BCUT2D eigenvalue weighted by atomic mass is 10.0. The van der Waals surface area contributed by atoms with Gasteiger partial charge in [-0.05, 0) is 30.5 Å². The Morgan fingerprint density at radius 1 is 1.33 bits per heavy atom. The van der Waals surface area contributed by atoms with Gasteiger partial charge >= 0.3 is 0 Å². The summed E-state index contributed by atoms with van der Waals surface area (Å²) in [4.78, 5) is 26.1. The summed E-state index contributed by atoms with van der Waals surface area (Å²) in [5, 5.41) is 5.79. The van der Waals surface area contributed by atoms with E-state index in [1.807, 2.05) is 25.1 Å². The van der Waals surface area contributed by atoms with E-state index in [4.69, 9.17) is 0 Å². The molecular weight excluding hydrogens is 266 g/mol. The lowest BCUT2D eigenvalue weighted by Gasteiger charge is -2.35. The topological polar surface area (TPSA) is 61.4 Å². The maximum Gasteiger partial charge on any atom is 0.243 e. The molecule has 1 unspecified atom stereocenters. The molecule has 21 heavy (non-hydrogen) atoms. The highest BCUT2D eigenvalue weighted by Crippen LogP contribution is 2.13. The zero-order valence-corrected chi connectivity index (χ0v) is 12.9. The van der Waals surface area contributed by atoms with Crippen molar-refractivity contribution in [2.24, 2.45) is 0 Å². The molecule has 5 nitrogen and oxygen atoms in total. The Balaban J connectivity index is 2.10. The Bertz CT molecular complexity index is 542. The second-order valence-electron chi connectivity index (χ2n) is 5.52. The fourth-order valence-electron chi connectivity index (χ4n) is 2.59. The molecule has 1 aromatic rings. The molecule has 0 aliphatic carbocycles. The van der Waals surface area contributed by atoms with Gasteiger partial charge in [0.25, 0.3) is 0 Å². The van der Waals surface area contributed by atoms with Crippen LogP contribution < -0.4 is 10.6 Å². The van der Waals surface area contributed by atoms with E-state index < -0.39 is 6.04 Å². The SMILES string of the molecule is CNC(=O)C1CNCCN1C(=O)Cc1ccc(C)c(C)c1. The summed E-state index contributed by atoms with van der Waals surface area (Å²) in [6, 6.07) is 5.65. The summed E-state index contributed by atoms with van der Waals surface area (Å²) >= 11 is 0. The van der Waals surface area contributed by atoms with Crippen molar-refractivity contribution in [2.75, 3.05) is 26.7 Å². The number of carbonyl (C=O) groups excluding carboxylic acids is 2. The molecule has 0 spiro atoms. The molecule has 1 fully saturated rings. The van der Waals surface area contributed by atoms with E-state index in [2.05, 4.69) is 17.6 Å². The fraction of sp³-hybridized carbons (Fsp3) is 0.500. The van der Waals surface area contributed by atoms with Crippen LogP contribution in [0.5, 0.6) is 0 Å².